The van der Waals surface area contributed by atoms with Gasteiger partial charge in [-0.05, 0) is 48.0 Å². The SMILES string of the molecule is Cc1nn(C(=O)c2cccc(Cl)c2)c(C)c1Br. The number of rotatable bonds is 1. The molecule has 0 aliphatic heterocycles. The largest absolute Gasteiger partial charge is 0.278 e. The molecular weight excluding hydrogens is 304 g/mol. The molecule has 17 heavy (non-hydrogen) atoms. The predicted octanol–water partition coefficient (Wildman–Crippen LogP) is 3.60. The molecule has 2 aromatic rings. The molecule has 0 aliphatic rings. The fraction of sp³-hybridized carbons (Fsp3) is 0.167. The minimum absolute atomic E-state index is 0.182. The first-order valence-corrected chi connectivity index (χ1v) is 6.20. The summed E-state index contributed by atoms with van der Waals surface area (Å²) in [5, 5.41) is 4.73. The van der Waals surface area contributed by atoms with Crippen LogP contribution in [0.2, 0.25) is 5.02 Å². The number of carbonyl (C=O) groups is 1. The van der Waals surface area contributed by atoms with Gasteiger partial charge in [-0.15, -0.1) is 0 Å². The van der Waals surface area contributed by atoms with Crippen LogP contribution in [-0.2, 0) is 0 Å². The van der Waals surface area contributed by atoms with Gasteiger partial charge in [0.15, 0.2) is 0 Å². The van der Waals surface area contributed by atoms with E-state index in [0.717, 1.165) is 15.9 Å². The molecule has 0 N–H and O–H groups in total. The second kappa shape index (κ2) is 4.63. The van der Waals surface area contributed by atoms with Crippen molar-refractivity contribution in [3.63, 3.8) is 0 Å². The fourth-order valence-electron chi connectivity index (χ4n) is 1.57. The van der Waals surface area contributed by atoms with Crippen molar-refractivity contribution in [2.45, 2.75) is 13.8 Å². The maximum atomic E-state index is 12.2. The zero-order chi connectivity index (χ0) is 12.6. The van der Waals surface area contributed by atoms with E-state index in [-0.39, 0.29) is 5.91 Å². The molecule has 0 unspecified atom stereocenters. The lowest BCUT2D eigenvalue weighted by Crippen LogP contribution is -2.15. The Labute approximate surface area is 113 Å². The van der Waals surface area contributed by atoms with E-state index in [1.54, 1.807) is 24.3 Å². The summed E-state index contributed by atoms with van der Waals surface area (Å²) in [6, 6.07) is 6.83. The van der Waals surface area contributed by atoms with Crippen LogP contribution in [0.15, 0.2) is 28.7 Å². The monoisotopic (exact) mass is 312 g/mol. The normalized spacial score (nSPS) is 10.6. The highest BCUT2D eigenvalue weighted by Crippen LogP contribution is 2.21. The summed E-state index contributed by atoms with van der Waals surface area (Å²) in [7, 11) is 0. The van der Waals surface area contributed by atoms with Gasteiger partial charge < -0.3 is 0 Å². The molecule has 1 aromatic heterocycles. The Morgan fingerprint density at radius 3 is 2.65 bits per heavy atom. The van der Waals surface area contributed by atoms with Crippen molar-refractivity contribution in [1.29, 1.82) is 0 Å². The van der Waals surface area contributed by atoms with Crippen LogP contribution in [0.1, 0.15) is 21.7 Å². The summed E-state index contributed by atoms with van der Waals surface area (Å²) in [5.74, 6) is -0.182. The van der Waals surface area contributed by atoms with Crippen LogP contribution < -0.4 is 0 Å². The standard InChI is InChI=1S/C12H10BrClN2O/c1-7-11(13)8(2)16(15-7)12(17)9-4-3-5-10(14)6-9/h3-6H,1-2H3. The predicted molar refractivity (Wildman–Crippen MR) is 70.6 cm³/mol. The molecule has 0 fully saturated rings. The Bertz CT molecular complexity index is 592. The zero-order valence-corrected chi connectivity index (χ0v) is 11.7. The lowest BCUT2D eigenvalue weighted by molar-refractivity contribution is 0.0942. The van der Waals surface area contributed by atoms with Gasteiger partial charge >= 0.3 is 0 Å². The van der Waals surface area contributed by atoms with Gasteiger partial charge in [0.25, 0.3) is 5.91 Å². The Kier molecular flexibility index (Phi) is 3.35. The van der Waals surface area contributed by atoms with Gasteiger partial charge in [-0.3, -0.25) is 4.79 Å². The molecule has 0 radical (unpaired) electrons. The van der Waals surface area contributed by atoms with Crippen molar-refractivity contribution >= 4 is 33.4 Å². The van der Waals surface area contributed by atoms with Crippen LogP contribution in [0.4, 0.5) is 0 Å². The number of benzene rings is 1. The number of hydrogen-bond acceptors (Lipinski definition) is 2. The minimum atomic E-state index is -0.182. The van der Waals surface area contributed by atoms with Crippen LogP contribution in [0.5, 0.6) is 0 Å². The van der Waals surface area contributed by atoms with E-state index in [0.29, 0.717) is 10.6 Å². The Balaban J connectivity index is 2.47. The smallest absolute Gasteiger partial charge is 0.267 e. The van der Waals surface area contributed by atoms with Crippen molar-refractivity contribution in [3.05, 3.63) is 50.7 Å². The molecule has 3 nitrogen and oxygen atoms in total. The maximum Gasteiger partial charge on any atom is 0.278 e. The first kappa shape index (κ1) is 12.3. The lowest BCUT2D eigenvalue weighted by atomic mass is 10.2. The third kappa shape index (κ3) is 2.28. The number of halogens is 2. The van der Waals surface area contributed by atoms with E-state index >= 15 is 0 Å². The first-order valence-electron chi connectivity index (χ1n) is 5.02. The number of aryl methyl sites for hydroxylation is 1. The molecule has 0 atom stereocenters. The summed E-state index contributed by atoms with van der Waals surface area (Å²) in [4.78, 5) is 12.2. The summed E-state index contributed by atoms with van der Waals surface area (Å²) >= 11 is 9.26. The van der Waals surface area contributed by atoms with Gasteiger partial charge in [0.2, 0.25) is 0 Å². The quantitative estimate of drug-likeness (QED) is 0.806. The topological polar surface area (TPSA) is 34.9 Å². The Morgan fingerprint density at radius 1 is 1.41 bits per heavy atom. The molecule has 88 valence electrons. The molecule has 0 aliphatic carbocycles. The molecule has 0 spiro atoms. The fourth-order valence-corrected chi connectivity index (χ4v) is 2.00. The number of aromatic nitrogens is 2. The van der Waals surface area contributed by atoms with Crippen molar-refractivity contribution < 1.29 is 4.79 Å². The van der Waals surface area contributed by atoms with E-state index in [1.165, 1.54) is 4.68 Å². The van der Waals surface area contributed by atoms with E-state index in [9.17, 15) is 4.79 Å². The van der Waals surface area contributed by atoms with Crippen LogP contribution in [-0.4, -0.2) is 15.7 Å². The number of nitrogens with zero attached hydrogens (tertiary/aromatic N) is 2. The molecule has 2 rings (SSSR count). The van der Waals surface area contributed by atoms with E-state index < -0.39 is 0 Å². The first-order chi connectivity index (χ1) is 8.00. The molecule has 0 bridgehead atoms. The van der Waals surface area contributed by atoms with E-state index in [2.05, 4.69) is 21.0 Å². The molecule has 5 heteroatoms. The van der Waals surface area contributed by atoms with Gasteiger partial charge in [0, 0.05) is 10.6 Å². The highest BCUT2D eigenvalue weighted by molar-refractivity contribution is 9.10. The summed E-state index contributed by atoms with van der Waals surface area (Å²) < 4.78 is 2.23. The van der Waals surface area contributed by atoms with Gasteiger partial charge in [0.05, 0.1) is 15.9 Å². The molecule has 0 saturated carbocycles. The summed E-state index contributed by atoms with van der Waals surface area (Å²) in [6.07, 6.45) is 0. The van der Waals surface area contributed by atoms with Gasteiger partial charge in [-0.25, -0.2) is 0 Å². The number of carbonyl (C=O) groups excluding carboxylic acids is 1. The maximum absolute atomic E-state index is 12.2. The average Bonchev–Trinajstić information content (AvgIpc) is 2.56. The molecule has 0 saturated heterocycles. The van der Waals surface area contributed by atoms with Crippen molar-refractivity contribution in [2.24, 2.45) is 0 Å². The Morgan fingerprint density at radius 2 is 2.12 bits per heavy atom. The minimum Gasteiger partial charge on any atom is -0.267 e. The molecule has 1 heterocycles. The van der Waals surface area contributed by atoms with Crippen LogP contribution in [0, 0.1) is 13.8 Å². The second-order valence-corrected chi connectivity index (χ2v) is 4.94. The molecular formula is C12H10BrClN2O. The highest BCUT2D eigenvalue weighted by Gasteiger charge is 2.16. The lowest BCUT2D eigenvalue weighted by Gasteiger charge is -2.03. The molecule has 1 aromatic carbocycles. The number of hydrogen-bond donors (Lipinski definition) is 0. The Hall–Kier alpha value is -1.13. The average molecular weight is 314 g/mol. The third-order valence-corrected chi connectivity index (χ3v) is 3.85. The third-order valence-electron chi connectivity index (χ3n) is 2.47. The van der Waals surface area contributed by atoms with Crippen LogP contribution >= 0.6 is 27.5 Å². The summed E-state index contributed by atoms with van der Waals surface area (Å²) in [5.41, 5.74) is 2.10. The molecule has 0 amide bonds. The zero-order valence-electron chi connectivity index (χ0n) is 9.37. The van der Waals surface area contributed by atoms with Crippen LogP contribution in [0.25, 0.3) is 0 Å². The summed E-state index contributed by atoms with van der Waals surface area (Å²) in [6.45, 7) is 3.69. The van der Waals surface area contributed by atoms with Crippen molar-refractivity contribution in [3.8, 4) is 0 Å². The van der Waals surface area contributed by atoms with Crippen molar-refractivity contribution in [2.75, 3.05) is 0 Å². The van der Waals surface area contributed by atoms with E-state index in [1.807, 2.05) is 13.8 Å². The van der Waals surface area contributed by atoms with Crippen molar-refractivity contribution in [1.82, 2.24) is 9.78 Å². The van der Waals surface area contributed by atoms with Crippen LogP contribution in [0.3, 0.4) is 0 Å². The van der Waals surface area contributed by atoms with E-state index in [4.69, 9.17) is 11.6 Å². The van der Waals surface area contributed by atoms with Gasteiger partial charge in [-0.1, -0.05) is 17.7 Å². The van der Waals surface area contributed by atoms with Gasteiger partial charge in [0.1, 0.15) is 0 Å². The second-order valence-electron chi connectivity index (χ2n) is 3.71. The highest BCUT2D eigenvalue weighted by atomic mass is 79.9. The van der Waals surface area contributed by atoms with Gasteiger partial charge in [-0.2, -0.15) is 9.78 Å².